The van der Waals surface area contributed by atoms with Crippen molar-refractivity contribution >= 4 is 6.03 Å². The van der Waals surface area contributed by atoms with Crippen molar-refractivity contribution in [2.75, 3.05) is 13.2 Å². The third-order valence-electron chi connectivity index (χ3n) is 4.05. The molecular weight excluding hydrogens is 321 g/mol. The highest BCUT2D eigenvalue weighted by Gasteiger charge is 2.40. The zero-order valence-electron chi connectivity index (χ0n) is 13.4. The number of halogens is 3. The highest BCUT2D eigenvalue weighted by Crippen LogP contribution is 2.24. The SMILES string of the molecule is O=C(N[C@H]1CCCOCC1)N[C@@H](CCc1ccccc1)C(F)(F)F. The number of amides is 2. The summed E-state index contributed by atoms with van der Waals surface area (Å²) in [6.07, 6.45) is -2.28. The van der Waals surface area contributed by atoms with Crippen molar-refractivity contribution in [3.05, 3.63) is 35.9 Å². The van der Waals surface area contributed by atoms with Gasteiger partial charge >= 0.3 is 12.2 Å². The zero-order valence-corrected chi connectivity index (χ0v) is 13.4. The standard InChI is InChI=1S/C17H23F3N2O2/c18-17(19,20)15(9-8-13-5-2-1-3-6-13)22-16(23)21-14-7-4-11-24-12-10-14/h1-3,5-6,14-15H,4,7-12H2,(H2,21,22,23)/t14-,15-/m0/s1. The van der Waals surface area contributed by atoms with E-state index in [1.165, 1.54) is 0 Å². The van der Waals surface area contributed by atoms with Crippen LogP contribution in [0, 0.1) is 0 Å². The number of carbonyl (C=O) groups is 1. The minimum absolute atomic E-state index is 0.143. The molecule has 0 unspecified atom stereocenters. The van der Waals surface area contributed by atoms with E-state index in [0.717, 1.165) is 12.0 Å². The van der Waals surface area contributed by atoms with Crippen LogP contribution in [0.15, 0.2) is 30.3 Å². The van der Waals surface area contributed by atoms with Gasteiger partial charge in [-0.05, 0) is 37.7 Å². The Balaban J connectivity index is 1.86. The molecule has 1 fully saturated rings. The number of urea groups is 1. The van der Waals surface area contributed by atoms with Gasteiger partial charge in [0.15, 0.2) is 0 Å². The van der Waals surface area contributed by atoms with Crippen LogP contribution in [0.1, 0.15) is 31.2 Å². The minimum atomic E-state index is -4.47. The molecule has 1 aliphatic rings. The number of alkyl halides is 3. The molecule has 2 atom stereocenters. The largest absolute Gasteiger partial charge is 0.408 e. The Morgan fingerprint density at radius 2 is 1.96 bits per heavy atom. The number of aryl methyl sites for hydroxylation is 1. The molecule has 0 spiro atoms. The van der Waals surface area contributed by atoms with Crippen LogP contribution in [0.5, 0.6) is 0 Å². The normalized spacial score (nSPS) is 20.0. The summed E-state index contributed by atoms with van der Waals surface area (Å²) < 4.78 is 44.8. The third-order valence-corrected chi connectivity index (χ3v) is 4.05. The summed E-state index contributed by atoms with van der Waals surface area (Å²) in [5.74, 6) is 0. The lowest BCUT2D eigenvalue weighted by atomic mass is 10.0. The van der Waals surface area contributed by atoms with Crippen molar-refractivity contribution in [3.8, 4) is 0 Å². The monoisotopic (exact) mass is 344 g/mol. The maximum absolute atomic E-state index is 13.2. The van der Waals surface area contributed by atoms with Crippen LogP contribution in [0.2, 0.25) is 0 Å². The van der Waals surface area contributed by atoms with E-state index in [1.807, 2.05) is 6.07 Å². The van der Waals surface area contributed by atoms with E-state index in [9.17, 15) is 18.0 Å². The second kappa shape index (κ2) is 8.92. The predicted octanol–water partition coefficient (Wildman–Crippen LogP) is 3.42. The summed E-state index contributed by atoms with van der Waals surface area (Å²) in [5, 5.41) is 4.71. The molecule has 0 aliphatic carbocycles. The number of carbonyl (C=O) groups excluding carboxylic acids is 1. The van der Waals surface area contributed by atoms with Crippen molar-refractivity contribution in [1.29, 1.82) is 0 Å². The molecule has 1 aliphatic heterocycles. The fourth-order valence-electron chi connectivity index (χ4n) is 2.71. The Kier molecular flexibility index (Phi) is 6.90. The van der Waals surface area contributed by atoms with Crippen LogP contribution in [0.25, 0.3) is 0 Å². The van der Waals surface area contributed by atoms with E-state index in [4.69, 9.17) is 4.74 Å². The van der Waals surface area contributed by atoms with E-state index in [1.54, 1.807) is 24.3 Å². The number of hydrogen-bond donors (Lipinski definition) is 2. The summed E-state index contributed by atoms with van der Waals surface area (Å²) in [4.78, 5) is 11.9. The summed E-state index contributed by atoms with van der Waals surface area (Å²) >= 11 is 0. The molecule has 0 aromatic heterocycles. The van der Waals surface area contributed by atoms with Gasteiger partial charge in [-0.2, -0.15) is 13.2 Å². The third kappa shape index (κ3) is 6.39. The lowest BCUT2D eigenvalue weighted by Crippen LogP contribution is -2.51. The average Bonchev–Trinajstić information content (AvgIpc) is 2.80. The zero-order chi connectivity index (χ0) is 17.4. The fourth-order valence-corrected chi connectivity index (χ4v) is 2.71. The Labute approximate surface area is 139 Å². The highest BCUT2D eigenvalue weighted by molar-refractivity contribution is 5.74. The van der Waals surface area contributed by atoms with E-state index in [2.05, 4.69) is 10.6 Å². The van der Waals surface area contributed by atoms with E-state index in [0.29, 0.717) is 26.1 Å². The van der Waals surface area contributed by atoms with Gasteiger partial charge in [-0.1, -0.05) is 30.3 Å². The molecule has 1 aromatic rings. The van der Waals surface area contributed by atoms with Crippen LogP contribution in [-0.2, 0) is 11.2 Å². The topological polar surface area (TPSA) is 50.4 Å². The molecule has 24 heavy (non-hydrogen) atoms. The summed E-state index contributed by atoms with van der Waals surface area (Å²) in [6.45, 7) is 1.14. The Hall–Kier alpha value is -1.76. The van der Waals surface area contributed by atoms with Gasteiger partial charge in [-0.25, -0.2) is 4.79 Å². The molecule has 2 rings (SSSR count). The molecule has 7 heteroatoms. The van der Waals surface area contributed by atoms with Gasteiger partial charge in [0.25, 0.3) is 0 Å². The van der Waals surface area contributed by atoms with Gasteiger partial charge in [0, 0.05) is 19.3 Å². The van der Waals surface area contributed by atoms with E-state index >= 15 is 0 Å². The number of ether oxygens (including phenoxy) is 1. The van der Waals surface area contributed by atoms with Crippen molar-refractivity contribution in [3.63, 3.8) is 0 Å². The Morgan fingerprint density at radius 3 is 2.67 bits per heavy atom. The smallest absolute Gasteiger partial charge is 0.381 e. The Bertz CT molecular complexity index is 500. The summed E-state index contributed by atoms with van der Waals surface area (Å²) in [6, 6.07) is 6.16. The molecule has 0 bridgehead atoms. The van der Waals surface area contributed by atoms with Gasteiger partial charge in [-0.15, -0.1) is 0 Å². The number of nitrogens with one attached hydrogen (secondary N) is 2. The minimum Gasteiger partial charge on any atom is -0.381 e. The maximum Gasteiger partial charge on any atom is 0.408 e. The van der Waals surface area contributed by atoms with Crippen LogP contribution >= 0.6 is 0 Å². The van der Waals surface area contributed by atoms with E-state index < -0.39 is 18.2 Å². The Morgan fingerprint density at radius 1 is 1.21 bits per heavy atom. The first-order valence-corrected chi connectivity index (χ1v) is 8.20. The molecule has 0 saturated carbocycles. The van der Waals surface area contributed by atoms with Crippen molar-refractivity contribution in [2.24, 2.45) is 0 Å². The first kappa shape index (κ1) is 18.6. The van der Waals surface area contributed by atoms with Crippen LogP contribution in [0.3, 0.4) is 0 Å². The first-order chi connectivity index (χ1) is 11.4. The van der Waals surface area contributed by atoms with Gasteiger partial charge in [0.2, 0.25) is 0 Å². The molecular formula is C17H23F3N2O2. The van der Waals surface area contributed by atoms with Crippen LogP contribution in [0.4, 0.5) is 18.0 Å². The lowest BCUT2D eigenvalue weighted by molar-refractivity contribution is -0.154. The van der Waals surface area contributed by atoms with Gasteiger partial charge in [0.05, 0.1) is 0 Å². The highest BCUT2D eigenvalue weighted by atomic mass is 19.4. The van der Waals surface area contributed by atoms with Crippen molar-refractivity contribution in [1.82, 2.24) is 10.6 Å². The fraction of sp³-hybridized carbons (Fsp3) is 0.588. The second-order valence-electron chi connectivity index (χ2n) is 5.98. The molecule has 1 saturated heterocycles. The van der Waals surface area contributed by atoms with Gasteiger partial charge < -0.3 is 15.4 Å². The van der Waals surface area contributed by atoms with Gasteiger partial charge in [0.1, 0.15) is 6.04 Å². The average molecular weight is 344 g/mol. The molecule has 2 N–H and O–H groups in total. The quantitative estimate of drug-likeness (QED) is 0.860. The molecule has 4 nitrogen and oxygen atoms in total. The summed E-state index contributed by atoms with van der Waals surface area (Å²) in [5.41, 5.74) is 0.815. The molecule has 0 radical (unpaired) electrons. The number of benzene rings is 1. The van der Waals surface area contributed by atoms with E-state index in [-0.39, 0.29) is 18.9 Å². The number of hydrogen-bond acceptors (Lipinski definition) is 2. The van der Waals surface area contributed by atoms with Crippen molar-refractivity contribution in [2.45, 2.75) is 50.4 Å². The van der Waals surface area contributed by atoms with Crippen LogP contribution in [-0.4, -0.2) is 37.5 Å². The second-order valence-corrected chi connectivity index (χ2v) is 5.98. The first-order valence-electron chi connectivity index (χ1n) is 8.20. The van der Waals surface area contributed by atoms with Crippen molar-refractivity contribution < 1.29 is 22.7 Å². The van der Waals surface area contributed by atoms with Gasteiger partial charge in [-0.3, -0.25) is 0 Å². The lowest BCUT2D eigenvalue weighted by Gasteiger charge is -2.24. The van der Waals surface area contributed by atoms with Crippen LogP contribution < -0.4 is 10.6 Å². The molecule has 2 amide bonds. The molecule has 1 aromatic carbocycles. The summed E-state index contributed by atoms with van der Waals surface area (Å²) in [7, 11) is 0. The number of rotatable bonds is 5. The molecule has 134 valence electrons. The molecule has 1 heterocycles. The maximum atomic E-state index is 13.2. The predicted molar refractivity (Wildman–Crippen MR) is 84.7 cm³/mol.